The van der Waals surface area contributed by atoms with Gasteiger partial charge in [0.05, 0.1) is 12.1 Å². The third kappa shape index (κ3) is 3.04. The van der Waals surface area contributed by atoms with E-state index in [4.69, 9.17) is 5.11 Å². The van der Waals surface area contributed by atoms with E-state index < -0.39 is 5.97 Å². The van der Waals surface area contributed by atoms with E-state index in [2.05, 4.69) is 9.97 Å². The molecule has 1 aromatic carbocycles. The van der Waals surface area contributed by atoms with Crippen LogP contribution in [0.2, 0.25) is 0 Å². The van der Waals surface area contributed by atoms with Gasteiger partial charge in [-0.15, -0.1) is 11.3 Å². The molecule has 0 spiro atoms. The van der Waals surface area contributed by atoms with Crippen molar-refractivity contribution in [1.29, 1.82) is 0 Å². The predicted octanol–water partition coefficient (Wildman–Crippen LogP) is 3.81. The Morgan fingerprint density at radius 2 is 1.95 bits per heavy atom. The third-order valence-corrected chi connectivity index (χ3v) is 4.32. The summed E-state index contributed by atoms with van der Waals surface area (Å²) in [6, 6.07) is 13.6. The Kier molecular flexibility index (Phi) is 3.98. The second-order valence-electron chi connectivity index (χ2n) is 4.94. The minimum absolute atomic E-state index is 0.0462. The zero-order valence-corrected chi connectivity index (χ0v) is 12.8. The molecule has 110 valence electrons. The lowest BCUT2D eigenvalue weighted by molar-refractivity contribution is -0.136. The maximum atomic E-state index is 11.1. The van der Waals surface area contributed by atoms with Crippen molar-refractivity contribution >= 4 is 17.3 Å². The van der Waals surface area contributed by atoms with Gasteiger partial charge in [0.15, 0.2) is 0 Å². The first-order valence-electron chi connectivity index (χ1n) is 6.83. The molecule has 0 bridgehead atoms. The van der Waals surface area contributed by atoms with Crippen molar-refractivity contribution in [1.82, 2.24) is 9.97 Å². The highest BCUT2D eigenvalue weighted by atomic mass is 32.1. The number of hydrogen-bond donors (Lipinski definition) is 1. The molecule has 3 aromatic rings. The summed E-state index contributed by atoms with van der Waals surface area (Å²) >= 11 is 1.41. The molecule has 0 atom stereocenters. The van der Waals surface area contributed by atoms with E-state index in [1.54, 1.807) is 6.20 Å². The van der Waals surface area contributed by atoms with Gasteiger partial charge in [-0.3, -0.25) is 9.78 Å². The van der Waals surface area contributed by atoms with Crippen LogP contribution in [0.3, 0.4) is 0 Å². The number of thiazole rings is 1. The van der Waals surface area contributed by atoms with Crippen molar-refractivity contribution in [2.45, 2.75) is 13.3 Å². The Hall–Kier alpha value is -2.53. The number of benzene rings is 1. The summed E-state index contributed by atoms with van der Waals surface area (Å²) in [4.78, 5) is 20.7. The molecule has 2 aromatic heterocycles. The van der Waals surface area contributed by atoms with Crippen LogP contribution in [0.1, 0.15) is 10.4 Å². The molecule has 2 heterocycles. The molecular formula is C17H14N2O2S. The summed E-state index contributed by atoms with van der Waals surface area (Å²) in [5.41, 5.74) is 3.53. The van der Waals surface area contributed by atoms with Crippen LogP contribution < -0.4 is 0 Å². The van der Waals surface area contributed by atoms with Gasteiger partial charge in [-0.1, -0.05) is 35.9 Å². The van der Waals surface area contributed by atoms with Gasteiger partial charge >= 0.3 is 5.97 Å². The zero-order chi connectivity index (χ0) is 15.5. The van der Waals surface area contributed by atoms with E-state index in [9.17, 15) is 4.79 Å². The highest BCUT2D eigenvalue weighted by Gasteiger charge is 2.17. The lowest BCUT2D eigenvalue weighted by Gasteiger charge is -1.98. The number of aromatic nitrogens is 2. The highest BCUT2D eigenvalue weighted by molar-refractivity contribution is 7.15. The molecule has 5 heteroatoms. The van der Waals surface area contributed by atoms with Crippen molar-refractivity contribution < 1.29 is 9.90 Å². The Balaban J connectivity index is 2.08. The summed E-state index contributed by atoms with van der Waals surface area (Å²) in [5, 5.41) is 9.93. The normalized spacial score (nSPS) is 10.6. The Morgan fingerprint density at radius 1 is 1.18 bits per heavy atom. The molecule has 0 saturated heterocycles. The average Bonchev–Trinajstić information content (AvgIpc) is 2.92. The second kappa shape index (κ2) is 6.07. The van der Waals surface area contributed by atoms with Crippen LogP contribution in [0.25, 0.3) is 22.0 Å². The van der Waals surface area contributed by atoms with Crippen LogP contribution >= 0.6 is 11.3 Å². The highest BCUT2D eigenvalue weighted by Crippen LogP contribution is 2.33. The van der Waals surface area contributed by atoms with Gasteiger partial charge in [-0.05, 0) is 19.1 Å². The number of rotatable bonds is 4. The number of aryl methyl sites for hydroxylation is 1. The molecule has 4 nitrogen and oxygen atoms in total. The van der Waals surface area contributed by atoms with Gasteiger partial charge in [0, 0.05) is 16.6 Å². The Morgan fingerprint density at radius 3 is 2.59 bits per heavy atom. The summed E-state index contributed by atoms with van der Waals surface area (Å²) < 4.78 is 0. The number of carboxylic acids is 1. The zero-order valence-electron chi connectivity index (χ0n) is 12.0. The van der Waals surface area contributed by atoms with E-state index in [-0.39, 0.29) is 6.42 Å². The molecule has 0 aliphatic carbocycles. The molecule has 3 rings (SSSR count). The van der Waals surface area contributed by atoms with Crippen LogP contribution in [-0.4, -0.2) is 21.0 Å². The molecule has 22 heavy (non-hydrogen) atoms. The quantitative estimate of drug-likeness (QED) is 0.796. The summed E-state index contributed by atoms with van der Waals surface area (Å²) in [6.45, 7) is 2.03. The van der Waals surface area contributed by atoms with Gasteiger partial charge in [-0.2, -0.15) is 0 Å². The monoisotopic (exact) mass is 310 g/mol. The van der Waals surface area contributed by atoms with Crippen molar-refractivity contribution in [3.8, 4) is 22.0 Å². The van der Waals surface area contributed by atoms with E-state index in [1.165, 1.54) is 16.9 Å². The van der Waals surface area contributed by atoms with Crippen LogP contribution in [-0.2, 0) is 11.2 Å². The number of nitrogens with zero attached hydrogens (tertiary/aromatic N) is 2. The fourth-order valence-corrected chi connectivity index (χ4v) is 3.20. The first kappa shape index (κ1) is 14.4. The van der Waals surface area contributed by atoms with E-state index in [0.717, 1.165) is 15.4 Å². The molecular weight excluding hydrogens is 296 g/mol. The number of pyridine rings is 1. The second-order valence-corrected chi connectivity index (χ2v) is 6.03. The first-order chi connectivity index (χ1) is 10.6. The van der Waals surface area contributed by atoms with Gasteiger partial charge in [0.2, 0.25) is 0 Å². The summed E-state index contributed by atoms with van der Waals surface area (Å²) in [7, 11) is 0. The largest absolute Gasteiger partial charge is 0.481 e. The summed E-state index contributed by atoms with van der Waals surface area (Å²) in [5.74, 6) is -0.865. The fraction of sp³-hybridized carbons (Fsp3) is 0.118. The lowest BCUT2D eigenvalue weighted by atomic mass is 10.1. The third-order valence-electron chi connectivity index (χ3n) is 3.22. The molecule has 0 amide bonds. The minimum Gasteiger partial charge on any atom is -0.481 e. The molecule has 0 aliphatic heterocycles. The average molecular weight is 310 g/mol. The number of carboxylic acid groups (broad SMARTS) is 1. The first-order valence-corrected chi connectivity index (χ1v) is 7.65. The standard InChI is InChI=1S/C17H14N2O2S/c1-11-5-7-12(8-6-11)17-19-16(13-4-2-3-9-18-13)14(22-17)10-15(20)21/h2-9H,10H2,1H3,(H,20,21). The maximum absolute atomic E-state index is 11.1. The summed E-state index contributed by atoms with van der Waals surface area (Å²) in [6.07, 6.45) is 1.64. The van der Waals surface area contributed by atoms with Gasteiger partial charge in [-0.25, -0.2) is 4.98 Å². The molecule has 0 unspecified atom stereocenters. The SMILES string of the molecule is Cc1ccc(-c2nc(-c3ccccn3)c(CC(=O)O)s2)cc1. The Labute approximate surface area is 132 Å². The van der Waals surface area contributed by atoms with Crippen LogP contribution in [0, 0.1) is 6.92 Å². The van der Waals surface area contributed by atoms with Gasteiger partial charge < -0.3 is 5.11 Å². The molecule has 0 saturated carbocycles. The van der Waals surface area contributed by atoms with E-state index >= 15 is 0 Å². The smallest absolute Gasteiger partial charge is 0.308 e. The molecule has 0 aliphatic rings. The van der Waals surface area contributed by atoms with Crippen LogP contribution in [0.4, 0.5) is 0 Å². The number of aliphatic carboxylic acids is 1. The lowest BCUT2D eigenvalue weighted by Crippen LogP contribution is -1.99. The fourth-order valence-electron chi connectivity index (χ4n) is 2.13. The topological polar surface area (TPSA) is 63.1 Å². The van der Waals surface area contributed by atoms with Crippen LogP contribution in [0.5, 0.6) is 0 Å². The maximum Gasteiger partial charge on any atom is 0.308 e. The van der Waals surface area contributed by atoms with E-state index in [0.29, 0.717) is 11.4 Å². The molecule has 0 fully saturated rings. The number of hydrogen-bond acceptors (Lipinski definition) is 4. The Bertz CT molecular complexity index is 795. The molecule has 0 radical (unpaired) electrons. The van der Waals surface area contributed by atoms with Gasteiger partial charge in [0.25, 0.3) is 0 Å². The van der Waals surface area contributed by atoms with Crippen molar-refractivity contribution in [2.24, 2.45) is 0 Å². The van der Waals surface area contributed by atoms with Crippen molar-refractivity contribution in [3.05, 3.63) is 59.1 Å². The molecule has 1 N–H and O–H groups in total. The van der Waals surface area contributed by atoms with Gasteiger partial charge in [0.1, 0.15) is 10.7 Å². The van der Waals surface area contributed by atoms with Crippen LogP contribution in [0.15, 0.2) is 48.7 Å². The number of carbonyl (C=O) groups is 1. The van der Waals surface area contributed by atoms with Crippen molar-refractivity contribution in [2.75, 3.05) is 0 Å². The minimum atomic E-state index is -0.865. The predicted molar refractivity (Wildman–Crippen MR) is 86.9 cm³/mol. The van der Waals surface area contributed by atoms with Crippen molar-refractivity contribution in [3.63, 3.8) is 0 Å². The van der Waals surface area contributed by atoms with E-state index in [1.807, 2.05) is 49.4 Å².